The van der Waals surface area contributed by atoms with Crippen LogP contribution >= 0.6 is 7.60 Å². The minimum Gasteiger partial charge on any atom is -0.805 e. The van der Waals surface area contributed by atoms with Gasteiger partial charge in [0, 0.05) is 13.5 Å². The molecule has 0 amide bonds. The molecule has 2 unspecified atom stereocenters. The van der Waals surface area contributed by atoms with Gasteiger partial charge in [0.2, 0.25) is 0 Å². The summed E-state index contributed by atoms with van der Waals surface area (Å²) < 4.78 is 11.3. The number of hydrogen-bond donors (Lipinski definition) is 0. The molecule has 0 aliphatic heterocycles. The van der Waals surface area contributed by atoms with Gasteiger partial charge in [-0.05, 0) is 26.3 Å². The van der Waals surface area contributed by atoms with E-state index in [0.717, 1.165) is 11.1 Å². The normalized spacial score (nSPS) is 23.8. The van der Waals surface area contributed by atoms with E-state index in [2.05, 4.69) is 0 Å². The van der Waals surface area contributed by atoms with Crippen molar-refractivity contribution in [3.8, 4) is 0 Å². The molecule has 4 nitrogen and oxygen atoms in total. The van der Waals surface area contributed by atoms with Gasteiger partial charge in [0.25, 0.3) is 0 Å². The summed E-state index contributed by atoms with van der Waals surface area (Å²) in [5.74, 6) is -0.465. The molecular weight excluding hydrogens is 301 g/mol. The summed E-state index contributed by atoms with van der Waals surface area (Å²) in [6.07, 6.45) is 3.60. The molecule has 0 saturated heterocycles. The van der Waals surface area contributed by atoms with Crippen molar-refractivity contribution < 1.29 is 56.9 Å². The van der Waals surface area contributed by atoms with Crippen molar-refractivity contribution in [2.75, 3.05) is 0 Å². The summed E-state index contributed by atoms with van der Waals surface area (Å²) in [4.78, 5) is 34.9. The molecule has 112 valence electrons. The number of hydrogen-bond acceptors (Lipinski definition) is 4. The fourth-order valence-corrected chi connectivity index (χ4v) is 3.77. The topological polar surface area (TPSA) is 80.3 Å². The smallest absolute Gasteiger partial charge is 0.805 e. The van der Waals surface area contributed by atoms with E-state index >= 15 is 0 Å². The standard InChI is InChI=1S/C16H19O4P.2Li/c1-11-9-12(2)16(3,15(17)21(18,19)20)14(10-11)13-7-5-4-6-8-13;;/h4-10,14H,1-3H3,(H2,18,19,20);;/q;2*+1/p-2. The van der Waals surface area contributed by atoms with Crippen LogP contribution in [0.4, 0.5) is 0 Å². The van der Waals surface area contributed by atoms with E-state index in [-0.39, 0.29) is 37.7 Å². The molecule has 0 fully saturated rings. The quantitative estimate of drug-likeness (QED) is 0.422. The Hall–Kier alpha value is -0.285. The Morgan fingerprint density at radius 3 is 2.13 bits per heavy atom. The van der Waals surface area contributed by atoms with E-state index < -0.39 is 24.5 Å². The second-order valence-corrected chi connectivity index (χ2v) is 7.03. The molecule has 0 saturated carbocycles. The first-order chi connectivity index (χ1) is 9.67. The monoisotopic (exact) mass is 318 g/mol. The number of benzene rings is 1. The summed E-state index contributed by atoms with van der Waals surface area (Å²) in [6, 6.07) is 9.16. The molecule has 0 N–H and O–H groups in total. The SMILES string of the molecule is CC1=CC(c2ccccc2)C(C)(C(=O)P(=O)([O-])[O-])C(C)=C1.[Li+].[Li+]. The van der Waals surface area contributed by atoms with Gasteiger partial charge in [-0.1, -0.05) is 53.6 Å². The van der Waals surface area contributed by atoms with E-state index in [1.807, 2.05) is 43.3 Å². The predicted octanol–water partition coefficient (Wildman–Crippen LogP) is -3.87. The zero-order chi connectivity index (χ0) is 15.8. The van der Waals surface area contributed by atoms with Crippen molar-refractivity contribution in [1.82, 2.24) is 0 Å². The molecule has 0 bridgehead atoms. The molecule has 7 heteroatoms. The van der Waals surface area contributed by atoms with Crippen LogP contribution in [0.25, 0.3) is 0 Å². The van der Waals surface area contributed by atoms with Crippen LogP contribution in [0.1, 0.15) is 32.3 Å². The van der Waals surface area contributed by atoms with Gasteiger partial charge in [-0.2, -0.15) is 0 Å². The van der Waals surface area contributed by atoms with Gasteiger partial charge < -0.3 is 14.4 Å². The second kappa shape index (κ2) is 8.20. The second-order valence-electron chi connectivity index (χ2n) is 5.63. The van der Waals surface area contributed by atoms with Crippen LogP contribution in [0.15, 0.2) is 53.6 Å². The fourth-order valence-electron chi connectivity index (χ4n) is 2.89. The maximum atomic E-state index is 12.3. The van der Waals surface area contributed by atoms with E-state index in [9.17, 15) is 19.1 Å². The maximum Gasteiger partial charge on any atom is 1.00 e. The number of carbonyl (C=O) groups is 1. The number of carbonyl (C=O) groups excluding carboxylic acids is 1. The molecule has 1 aromatic rings. The first-order valence-electron chi connectivity index (χ1n) is 6.66. The van der Waals surface area contributed by atoms with Crippen molar-refractivity contribution >= 4 is 13.1 Å². The average Bonchev–Trinajstić information content (AvgIpc) is 2.42. The van der Waals surface area contributed by atoms with Crippen LogP contribution in [0.2, 0.25) is 0 Å². The van der Waals surface area contributed by atoms with Gasteiger partial charge in [-0.25, -0.2) is 0 Å². The van der Waals surface area contributed by atoms with Crippen LogP contribution in [0.5, 0.6) is 0 Å². The van der Waals surface area contributed by atoms with Crippen molar-refractivity contribution in [1.29, 1.82) is 0 Å². The van der Waals surface area contributed by atoms with Crippen molar-refractivity contribution in [2.45, 2.75) is 26.7 Å². The summed E-state index contributed by atoms with van der Waals surface area (Å²) in [7, 11) is -5.31. The van der Waals surface area contributed by atoms with Crippen LogP contribution in [0.3, 0.4) is 0 Å². The number of allylic oxidation sites excluding steroid dienone is 4. The van der Waals surface area contributed by atoms with Crippen LogP contribution in [-0.4, -0.2) is 5.52 Å². The minimum atomic E-state index is -5.31. The number of rotatable bonds is 3. The summed E-state index contributed by atoms with van der Waals surface area (Å²) in [5.41, 5.74) is -0.263. The molecule has 1 aliphatic rings. The van der Waals surface area contributed by atoms with Crippen LogP contribution in [-0.2, 0) is 9.36 Å². The van der Waals surface area contributed by atoms with Gasteiger partial charge in [0.15, 0.2) is 5.52 Å². The Kier molecular flexibility index (Phi) is 8.10. The maximum absolute atomic E-state index is 12.3. The Bertz CT molecular complexity index is 679. The summed E-state index contributed by atoms with van der Waals surface area (Å²) in [6.45, 7) is 5.11. The minimum absolute atomic E-state index is 0. The third-order valence-electron chi connectivity index (χ3n) is 4.17. The zero-order valence-electron chi connectivity index (χ0n) is 14.2. The van der Waals surface area contributed by atoms with E-state index in [4.69, 9.17) is 0 Å². The first-order valence-corrected chi connectivity index (χ1v) is 8.21. The van der Waals surface area contributed by atoms with Gasteiger partial charge in [0.1, 0.15) is 0 Å². The molecule has 0 radical (unpaired) electrons. The molecule has 2 atom stereocenters. The molecule has 0 aromatic heterocycles. The third-order valence-corrected chi connectivity index (χ3v) is 5.13. The summed E-state index contributed by atoms with van der Waals surface area (Å²) in [5, 5.41) is 0. The Morgan fingerprint density at radius 1 is 1.13 bits per heavy atom. The van der Waals surface area contributed by atoms with E-state index in [1.54, 1.807) is 13.0 Å². The van der Waals surface area contributed by atoms with Gasteiger partial charge >= 0.3 is 37.7 Å². The van der Waals surface area contributed by atoms with Gasteiger partial charge in [-0.15, -0.1) is 0 Å². The molecule has 0 spiro atoms. The zero-order valence-corrected chi connectivity index (χ0v) is 15.1. The van der Waals surface area contributed by atoms with Crippen molar-refractivity contribution in [2.24, 2.45) is 5.41 Å². The van der Waals surface area contributed by atoms with E-state index in [1.165, 1.54) is 6.92 Å². The van der Waals surface area contributed by atoms with Crippen molar-refractivity contribution in [3.63, 3.8) is 0 Å². The Balaban J connectivity index is 0.00000242. The average molecular weight is 318 g/mol. The summed E-state index contributed by atoms with van der Waals surface area (Å²) >= 11 is 0. The fraction of sp³-hybridized carbons (Fsp3) is 0.312. The predicted molar refractivity (Wildman–Crippen MR) is 77.4 cm³/mol. The molecule has 2 rings (SSSR count). The van der Waals surface area contributed by atoms with Gasteiger partial charge in [-0.3, -0.25) is 4.79 Å². The van der Waals surface area contributed by atoms with Crippen LogP contribution < -0.4 is 47.5 Å². The van der Waals surface area contributed by atoms with Crippen molar-refractivity contribution in [3.05, 3.63) is 59.2 Å². The first kappa shape index (κ1) is 22.7. The Labute approximate surface area is 161 Å². The molecule has 1 aliphatic carbocycles. The van der Waals surface area contributed by atoms with Crippen LogP contribution in [0, 0.1) is 5.41 Å². The van der Waals surface area contributed by atoms with E-state index in [0.29, 0.717) is 5.57 Å². The largest absolute Gasteiger partial charge is 1.00 e. The molecule has 23 heavy (non-hydrogen) atoms. The molecule has 0 heterocycles. The van der Waals surface area contributed by atoms with Gasteiger partial charge in [0.05, 0.1) is 5.41 Å². The molecular formula is C16H17Li2O4P. The third kappa shape index (κ3) is 4.42. The molecule has 1 aromatic carbocycles. The Morgan fingerprint density at radius 2 is 1.65 bits per heavy atom.